The normalized spacial score (nSPS) is 12.7. The van der Waals surface area contributed by atoms with Crippen molar-refractivity contribution in [1.82, 2.24) is 15.0 Å². The van der Waals surface area contributed by atoms with Gasteiger partial charge in [0.25, 0.3) is 0 Å². The second kappa shape index (κ2) is 8.33. The quantitative estimate of drug-likeness (QED) is 0.741. The molecule has 25 heavy (non-hydrogen) atoms. The summed E-state index contributed by atoms with van der Waals surface area (Å²) in [5, 5.41) is 7.80. The molecule has 1 amide bonds. The number of hydrogen-bond donors (Lipinski definition) is 2. The van der Waals surface area contributed by atoms with E-state index < -0.39 is 5.67 Å². The SMILES string of the molecule is CC[C@H](CCc1cccs1)Nc1nc(NC(C)=O)nc(C(C)(C)F)n1. The van der Waals surface area contributed by atoms with Gasteiger partial charge in [-0.15, -0.1) is 11.3 Å². The van der Waals surface area contributed by atoms with Crippen molar-refractivity contribution < 1.29 is 9.18 Å². The van der Waals surface area contributed by atoms with Crippen molar-refractivity contribution in [3.05, 3.63) is 28.2 Å². The van der Waals surface area contributed by atoms with Crippen LogP contribution in [0.3, 0.4) is 0 Å². The fraction of sp³-hybridized carbons (Fsp3) is 0.529. The van der Waals surface area contributed by atoms with Crippen LogP contribution in [0.4, 0.5) is 16.3 Å². The summed E-state index contributed by atoms with van der Waals surface area (Å²) in [6.07, 6.45) is 2.74. The number of alkyl halides is 1. The van der Waals surface area contributed by atoms with Crippen LogP contribution in [-0.4, -0.2) is 26.9 Å². The number of anilines is 2. The van der Waals surface area contributed by atoms with Gasteiger partial charge in [0.1, 0.15) is 0 Å². The van der Waals surface area contributed by atoms with E-state index in [-0.39, 0.29) is 29.7 Å². The van der Waals surface area contributed by atoms with E-state index in [0.717, 1.165) is 19.3 Å². The lowest BCUT2D eigenvalue weighted by Crippen LogP contribution is -2.24. The van der Waals surface area contributed by atoms with Gasteiger partial charge in [-0.25, -0.2) is 4.39 Å². The molecule has 2 N–H and O–H groups in total. The van der Waals surface area contributed by atoms with Crippen molar-refractivity contribution in [3.63, 3.8) is 0 Å². The smallest absolute Gasteiger partial charge is 0.234 e. The molecule has 8 heteroatoms. The molecule has 0 saturated heterocycles. The lowest BCUT2D eigenvalue weighted by molar-refractivity contribution is -0.114. The average Bonchev–Trinajstić information content (AvgIpc) is 3.03. The predicted octanol–water partition coefficient (Wildman–Crippen LogP) is 3.92. The standard InChI is InChI=1S/C17H24FN5OS/c1-5-12(8-9-13-7-6-10-25-13)20-16-22-14(17(3,4)18)21-15(23-16)19-11(2)24/h6-7,10,12H,5,8-9H2,1-4H3,(H2,19,20,21,22,23,24)/t12-/m1/s1. The third-order valence-electron chi connectivity index (χ3n) is 3.60. The highest BCUT2D eigenvalue weighted by Gasteiger charge is 2.25. The van der Waals surface area contributed by atoms with Gasteiger partial charge in [0, 0.05) is 17.8 Å². The van der Waals surface area contributed by atoms with Crippen LogP contribution in [0.1, 0.15) is 51.2 Å². The number of amides is 1. The van der Waals surface area contributed by atoms with Crippen LogP contribution in [0.2, 0.25) is 0 Å². The summed E-state index contributed by atoms with van der Waals surface area (Å²) in [5.74, 6) is 0.00250. The summed E-state index contributed by atoms with van der Waals surface area (Å²) in [7, 11) is 0. The Kier molecular flexibility index (Phi) is 6.41. The molecule has 0 aliphatic rings. The van der Waals surface area contributed by atoms with Crippen molar-refractivity contribution in [2.75, 3.05) is 10.6 Å². The first-order chi connectivity index (χ1) is 11.8. The maximum absolute atomic E-state index is 14.3. The molecule has 2 rings (SSSR count). The van der Waals surface area contributed by atoms with Crippen LogP contribution in [0, 0.1) is 0 Å². The van der Waals surface area contributed by atoms with Crippen molar-refractivity contribution in [2.45, 2.75) is 58.7 Å². The maximum atomic E-state index is 14.3. The number of carbonyl (C=O) groups excluding carboxylic acids is 1. The Morgan fingerprint density at radius 2 is 2.04 bits per heavy atom. The summed E-state index contributed by atoms with van der Waals surface area (Å²) in [6.45, 7) is 6.17. The Hall–Kier alpha value is -2.09. The Morgan fingerprint density at radius 1 is 1.32 bits per heavy atom. The van der Waals surface area contributed by atoms with Crippen LogP contribution in [-0.2, 0) is 16.9 Å². The first-order valence-corrected chi connectivity index (χ1v) is 9.18. The Balaban J connectivity index is 2.15. The van der Waals surface area contributed by atoms with Crippen LogP contribution in [0.25, 0.3) is 0 Å². The Bertz CT molecular complexity index is 700. The monoisotopic (exact) mass is 365 g/mol. The first-order valence-electron chi connectivity index (χ1n) is 8.30. The lowest BCUT2D eigenvalue weighted by atomic mass is 10.1. The molecule has 1 atom stereocenters. The second-order valence-electron chi connectivity index (χ2n) is 6.33. The largest absolute Gasteiger partial charge is 0.351 e. The molecular weight excluding hydrogens is 341 g/mol. The van der Waals surface area contributed by atoms with Crippen molar-refractivity contribution in [2.24, 2.45) is 0 Å². The molecule has 0 radical (unpaired) electrons. The summed E-state index contributed by atoms with van der Waals surface area (Å²) in [4.78, 5) is 25.0. The highest BCUT2D eigenvalue weighted by Crippen LogP contribution is 2.23. The van der Waals surface area contributed by atoms with E-state index in [1.54, 1.807) is 11.3 Å². The fourth-order valence-corrected chi connectivity index (χ4v) is 2.98. The molecule has 0 saturated carbocycles. The summed E-state index contributed by atoms with van der Waals surface area (Å²) < 4.78 is 14.3. The maximum Gasteiger partial charge on any atom is 0.234 e. The third kappa shape index (κ3) is 6.04. The van der Waals surface area contributed by atoms with Gasteiger partial charge in [-0.2, -0.15) is 15.0 Å². The Morgan fingerprint density at radius 3 is 2.60 bits per heavy atom. The molecule has 0 bridgehead atoms. The number of rotatable bonds is 8. The zero-order valence-corrected chi connectivity index (χ0v) is 15.8. The average molecular weight is 365 g/mol. The highest BCUT2D eigenvalue weighted by molar-refractivity contribution is 7.09. The van der Waals surface area contributed by atoms with Gasteiger partial charge in [0.05, 0.1) is 0 Å². The minimum Gasteiger partial charge on any atom is -0.351 e. The zero-order valence-electron chi connectivity index (χ0n) is 15.0. The van der Waals surface area contributed by atoms with Gasteiger partial charge in [-0.3, -0.25) is 10.1 Å². The van der Waals surface area contributed by atoms with Gasteiger partial charge in [-0.1, -0.05) is 13.0 Å². The van der Waals surface area contributed by atoms with Crippen LogP contribution < -0.4 is 10.6 Å². The first kappa shape index (κ1) is 19.2. The van der Waals surface area contributed by atoms with Crippen LogP contribution in [0.15, 0.2) is 17.5 Å². The molecule has 0 aliphatic heterocycles. The lowest BCUT2D eigenvalue weighted by Gasteiger charge is -2.19. The van der Waals surface area contributed by atoms with Gasteiger partial charge in [-0.05, 0) is 44.6 Å². The van der Waals surface area contributed by atoms with Gasteiger partial charge in [0.15, 0.2) is 11.5 Å². The van der Waals surface area contributed by atoms with Crippen LogP contribution >= 0.6 is 11.3 Å². The van der Waals surface area contributed by atoms with Crippen molar-refractivity contribution in [1.29, 1.82) is 0 Å². The van der Waals surface area contributed by atoms with Gasteiger partial charge >= 0.3 is 0 Å². The molecule has 136 valence electrons. The van der Waals surface area contributed by atoms with E-state index in [9.17, 15) is 9.18 Å². The van der Waals surface area contributed by atoms with Crippen LogP contribution in [0.5, 0.6) is 0 Å². The molecule has 0 unspecified atom stereocenters. The molecule has 2 aromatic heterocycles. The number of carbonyl (C=O) groups is 1. The number of nitrogens with zero attached hydrogens (tertiary/aromatic N) is 3. The predicted molar refractivity (Wildman–Crippen MR) is 98.6 cm³/mol. The molecule has 0 aromatic carbocycles. The fourth-order valence-electron chi connectivity index (χ4n) is 2.25. The summed E-state index contributed by atoms with van der Waals surface area (Å²) in [6, 6.07) is 4.29. The number of halogens is 1. The minimum absolute atomic E-state index is 0.0122. The van der Waals surface area contributed by atoms with Gasteiger partial charge < -0.3 is 5.32 Å². The van der Waals surface area contributed by atoms with Crippen molar-refractivity contribution >= 4 is 29.1 Å². The molecule has 0 fully saturated rings. The van der Waals surface area contributed by atoms with E-state index in [0.29, 0.717) is 0 Å². The molecule has 2 heterocycles. The number of aryl methyl sites for hydroxylation is 1. The number of hydrogen-bond acceptors (Lipinski definition) is 6. The van der Waals surface area contributed by atoms with E-state index in [1.807, 2.05) is 6.07 Å². The number of nitrogens with one attached hydrogen (secondary N) is 2. The zero-order chi connectivity index (χ0) is 18.4. The Labute approximate surface area is 151 Å². The minimum atomic E-state index is -1.73. The third-order valence-corrected chi connectivity index (χ3v) is 4.54. The topological polar surface area (TPSA) is 79.8 Å². The molecule has 2 aromatic rings. The van der Waals surface area contributed by atoms with E-state index in [2.05, 4.69) is 44.0 Å². The molecule has 0 aliphatic carbocycles. The second-order valence-corrected chi connectivity index (χ2v) is 7.36. The highest BCUT2D eigenvalue weighted by atomic mass is 32.1. The van der Waals surface area contributed by atoms with E-state index >= 15 is 0 Å². The van der Waals surface area contributed by atoms with E-state index in [1.165, 1.54) is 25.6 Å². The van der Waals surface area contributed by atoms with E-state index in [4.69, 9.17) is 0 Å². The number of aromatic nitrogens is 3. The summed E-state index contributed by atoms with van der Waals surface area (Å²) >= 11 is 1.73. The molecule has 0 spiro atoms. The van der Waals surface area contributed by atoms with Crippen molar-refractivity contribution in [3.8, 4) is 0 Å². The molecule has 6 nitrogen and oxygen atoms in total. The van der Waals surface area contributed by atoms with Gasteiger partial charge in [0.2, 0.25) is 17.8 Å². The molecular formula is C17H24FN5OS. The number of thiophene rings is 1. The summed E-state index contributed by atoms with van der Waals surface area (Å²) in [5.41, 5.74) is -1.73.